The van der Waals surface area contributed by atoms with Gasteiger partial charge in [-0.3, -0.25) is 9.59 Å². The van der Waals surface area contributed by atoms with Crippen LogP contribution in [-0.2, 0) is 11.3 Å². The number of fused-ring (bicyclic) bond motifs is 1. The van der Waals surface area contributed by atoms with E-state index in [-0.39, 0.29) is 23.7 Å². The van der Waals surface area contributed by atoms with Gasteiger partial charge in [-0.05, 0) is 22.9 Å². The Morgan fingerprint density at radius 3 is 2.71 bits per heavy atom. The van der Waals surface area contributed by atoms with Crippen molar-refractivity contribution in [1.82, 2.24) is 20.6 Å². The Morgan fingerprint density at radius 2 is 1.96 bits per heavy atom. The molecule has 0 bridgehead atoms. The molecule has 2 aliphatic rings. The highest BCUT2D eigenvalue weighted by Crippen LogP contribution is 2.42. The molecular weight excluding hydrogens is 346 g/mol. The quantitative estimate of drug-likeness (QED) is 0.646. The van der Waals surface area contributed by atoms with Crippen molar-refractivity contribution in [3.63, 3.8) is 0 Å². The highest BCUT2D eigenvalue weighted by Gasteiger charge is 2.33. The Balaban J connectivity index is 1.80. The molecule has 3 heterocycles. The summed E-state index contributed by atoms with van der Waals surface area (Å²) >= 11 is 2.82. The summed E-state index contributed by atoms with van der Waals surface area (Å²) in [5.41, 5.74) is 1.48. The molecule has 0 spiro atoms. The second-order valence-corrected chi connectivity index (χ2v) is 7.21. The first-order valence-electron chi connectivity index (χ1n) is 7.11. The van der Waals surface area contributed by atoms with Crippen molar-refractivity contribution >= 4 is 40.8 Å². The van der Waals surface area contributed by atoms with Crippen LogP contribution in [0.3, 0.4) is 0 Å². The van der Waals surface area contributed by atoms with Crippen LogP contribution in [0.2, 0.25) is 0 Å². The monoisotopic (exact) mass is 357 g/mol. The van der Waals surface area contributed by atoms with Gasteiger partial charge in [0.25, 0.3) is 0 Å². The molecule has 9 heteroatoms. The maximum atomic E-state index is 13.0. The number of aromatic nitrogens is 4. The Morgan fingerprint density at radius 1 is 1.17 bits per heavy atom. The molecule has 24 heavy (non-hydrogen) atoms. The van der Waals surface area contributed by atoms with Gasteiger partial charge in [-0.1, -0.05) is 40.9 Å². The molecule has 2 aromatic rings. The lowest BCUT2D eigenvalue weighted by atomic mass is 10.0. The van der Waals surface area contributed by atoms with Gasteiger partial charge >= 0.3 is 0 Å². The minimum Gasteiger partial charge on any atom is -0.356 e. The third-order valence-corrected chi connectivity index (χ3v) is 5.79. The Kier molecular flexibility index (Phi) is 3.95. The van der Waals surface area contributed by atoms with E-state index in [0.29, 0.717) is 23.6 Å². The fraction of sp³-hybridized carbons (Fsp3) is 0.133. The zero-order valence-corrected chi connectivity index (χ0v) is 13.9. The Hall–Kier alpha value is -2.39. The average molecular weight is 357 g/mol. The molecule has 0 saturated carbocycles. The number of para-hydroxylation sites is 1. The smallest absolute Gasteiger partial charge is 0.200 e. The molecule has 4 rings (SSSR count). The van der Waals surface area contributed by atoms with Crippen LogP contribution in [-0.4, -0.2) is 38.7 Å². The number of hydrogen-bond donors (Lipinski definition) is 1. The van der Waals surface area contributed by atoms with Crippen LogP contribution >= 0.6 is 23.5 Å². The van der Waals surface area contributed by atoms with Crippen molar-refractivity contribution in [3.05, 3.63) is 56.3 Å². The van der Waals surface area contributed by atoms with Gasteiger partial charge in [-0.2, -0.15) is 5.21 Å². The van der Waals surface area contributed by atoms with E-state index in [1.165, 1.54) is 23.5 Å². The molecule has 0 amide bonds. The van der Waals surface area contributed by atoms with Gasteiger partial charge in [0.05, 0.1) is 22.9 Å². The summed E-state index contributed by atoms with van der Waals surface area (Å²) < 4.78 is 0.737. The van der Waals surface area contributed by atoms with E-state index in [2.05, 4.69) is 20.6 Å². The normalized spacial score (nSPS) is 17.4. The van der Waals surface area contributed by atoms with Gasteiger partial charge in [0.15, 0.2) is 17.4 Å². The van der Waals surface area contributed by atoms with E-state index in [4.69, 9.17) is 0 Å². The topological polar surface area (TPSA) is 91.8 Å². The Bertz CT molecular complexity index is 866. The van der Waals surface area contributed by atoms with Crippen molar-refractivity contribution < 1.29 is 9.59 Å². The van der Waals surface area contributed by atoms with Crippen molar-refractivity contribution in [2.45, 2.75) is 6.54 Å². The van der Waals surface area contributed by atoms with Crippen LogP contribution in [0.1, 0.15) is 16.2 Å². The molecule has 7 nitrogen and oxygen atoms in total. The Labute approximate surface area is 145 Å². The predicted molar refractivity (Wildman–Crippen MR) is 92.4 cm³/mol. The third kappa shape index (κ3) is 2.65. The van der Waals surface area contributed by atoms with Gasteiger partial charge < -0.3 is 4.90 Å². The highest BCUT2D eigenvalue weighted by molar-refractivity contribution is 8.27. The van der Waals surface area contributed by atoms with Crippen LogP contribution in [0, 0.1) is 0 Å². The summed E-state index contributed by atoms with van der Waals surface area (Å²) in [7, 11) is 0. The number of carbonyl (C=O) groups excluding carboxylic acids is 2. The first-order valence-corrected chi connectivity index (χ1v) is 8.87. The second kappa shape index (κ2) is 6.25. The van der Waals surface area contributed by atoms with Crippen LogP contribution in [0.4, 0.5) is 5.69 Å². The largest absolute Gasteiger partial charge is 0.356 e. The molecule has 120 valence electrons. The summed E-state index contributed by atoms with van der Waals surface area (Å²) in [6, 6.07) is 7.23. The van der Waals surface area contributed by atoms with Crippen LogP contribution < -0.4 is 4.90 Å². The number of thioether (sulfide) groups is 2. The minimum atomic E-state index is -0.232. The highest BCUT2D eigenvalue weighted by atomic mass is 32.2. The van der Waals surface area contributed by atoms with Crippen molar-refractivity contribution in [2.75, 3.05) is 11.4 Å². The second-order valence-electron chi connectivity index (χ2n) is 5.12. The van der Waals surface area contributed by atoms with Crippen LogP contribution in [0.5, 0.6) is 0 Å². The molecule has 0 aliphatic carbocycles. The zero-order valence-electron chi connectivity index (χ0n) is 12.3. The maximum Gasteiger partial charge on any atom is 0.200 e. The molecule has 2 aliphatic heterocycles. The summed E-state index contributed by atoms with van der Waals surface area (Å²) in [6.45, 7) is 0.394. The lowest BCUT2D eigenvalue weighted by molar-refractivity contribution is -0.114. The number of carbonyl (C=O) groups is 2. The zero-order chi connectivity index (χ0) is 16.5. The average Bonchev–Trinajstić information content (AvgIpc) is 3.26. The van der Waals surface area contributed by atoms with Crippen molar-refractivity contribution in [2.24, 2.45) is 0 Å². The molecule has 0 unspecified atom stereocenters. The number of anilines is 1. The van der Waals surface area contributed by atoms with Crippen molar-refractivity contribution in [1.29, 1.82) is 0 Å². The fourth-order valence-corrected chi connectivity index (χ4v) is 4.53. The fourth-order valence-electron chi connectivity index (χ4n) is 2.63. The number of ketones is 2. The first-order chi connectivity index (χ1) is 11.7. The number of nitrogens with zero attached hydrogens (tertiary/aromatic N) is 4. The SMILES string of the molecule is O=C1CN(Cc2nn[nH]n2)c2ccccc2C(=O)C1=C1SC=CS1. The molecule has 0 fully saturated rings. The predicted octanol–water partition coefficient (Wildman–Crippen LogP) is 2.13. The number of hydrogen-bond acceptors (Lipinski definition) is 8. The number of nitrogens with one attached hydrogen (secondary N) is 1. The summed E-state index contributed by atoms with van der Waals surface area (Å²) in [5.74, 6) is 0.0377. The van der Waals surface area contributed by atoms with Gasteiger partial charge in [0.1, 0.15) is 0 Å². The molecular formula is C15H11N5O2S2. The van der Waals surface area contributed by atoms with Crippen LogP contribution in [0.25, 0.3) is 0 Å². The maximum absolute atomic E-state index is 13.0. The van der Waals surface area contributed by atoms with E-state index in [9.17, 15) is 9.59 Å². The number of H-pyrrole nitrogens is 1. The lowest BCUT2D eigenvalue weighted by Crippen LogP contribution is -2.29. The third-order valence-electron chi connectivity index (χ3n) is 3.66. The van der Waals surface area contributed by atoms with Gasteiger partial charge in [0.2, 0.25) is 0 Å². The van der Waals surface area contributed by atoms with Crippen LogP contribution in [0.15, 0.2) is 44.9 Å². The molecule has 1 N–H and O–H groups in total. The van der Waals surface area contributed by atoms with Crippen molar-refractivity contribution in [3.8, 4) is 0 Å². The number of benzene rings is 1. The van der Waals surface area contributed by atoms with E-state index in [0.717, 1.165) is 4.24 Å². The number of rotatable bonds is 2. The standard InChI is InChI=1S/C15H11N5O2S2/c21-11-7-20(8-12-16-18-19-17-12)10-4-2-1-3-9(10)14(22)13(11)15-23-5-6-24-15/h1-6H,7-8H2,(H,16,17,18,19). The van der Waals surface area contributed by atoms with E-state index >= 15 is 0 Å². The summed E-state index contributed by atoms with van der Waals surface area (Å²) in [4.78, 5) is 27.6. The molecule has 0 saturated heterocycles. The number of tetrazole rings is 1. The van der Waals surface area contributed by atoms with Gasteiger partial charge in [-0.15, -0.1) is 10.2 Å². The summed E-state index contributed by atoms with van der Waals surface area (Å²) in [5, 5.41) is 17.6. The van der Waals surface area contributed by atoms with Gasteiger partial charge in [-0.25, -0.2) is 0 Å². The summed E-state index contributed by atoms with van der Waals surface area (Å²) in [6.07, 6.45) is 0. The molecule has 0 radical (unpaired) electrons. The van der Waals surface area contributed by atoms with Gasteiger partial charge in [0, 0.05) is 11.3 Å². The molecule has 1 aromatic carbocycles. The first kappa shape index (κ1) is 15.2. The van der Waals surface area contributed by atoms with E-state index in [1.54, 1.807) is 12.1 Å². The number of aromatic amines is 1. The number of Topliss-reactive ketones (excluding diaryl/α,β-unsaturated/α-hetero) is 2. The van der Waals surface area contributed by atoms with E-state index < -0.39 is 0 Å². The molecule has 1 aromatic heterocycles. The minimum absolute atomic E-state index is 0.0945. The molecule has 0 atom stereocenters. The lowest BCUT2D eigenvalue weighted by Gasteiger charge is -2.21. The van der Waals surface area contributed by atoms with E-state index in [1.807, 2.05) is 27.8 Å².